The second kappa shape index (κ2) is 5.21. The Kier molecular flexibility index (Phi) is 3.31. The van der Waals surface area contributed by atoms with Crippen molar-refractivity contribution in [3.63, 3.8) is 0 Å². The van der Waals surface area contributed by atoms with Crippen LogP contribution in [-0.2, 0) is 12.3 Å². The lowest BCUT2D eigenvalue weighted by atomic mass is 10.00. The van der Waals surface area contributed by atoms with E-state index in [9.17, 15) is 5.11 Å². The summed E-state index contributed by atoms with van der Waals surface area (Å²) in [5, 5.41) is 12.2. The molecule has 1 saturated carbocycles. The molecular weight excluding hydrogens is 298 g/mol. The Morgan fingerprint density at radius 3 is 2.68 bits per heavy atom. The third kappa shape index (κ3) is 2.09. The van der Waals surface area contributed by atoms with E-state index in [1.807, 2.05) is 41.1 Å². The smallest absolute Gasteiger partial charge is 0.353 e. The van der Waals surface area contributed by atoms with Crippen molar-refractivity contribution in [3.05, 3.63) is 53.3 Å². The largest absolute Gasteiger partial charge is 0.397 e. The van der Waals surface area contributed by atoms with Crippen molar-refractivity contribution in [2.45, 2.75) is 44.0 Å². The van der Waals surface area contributed by atoms with Gasteiger partial charge in [-0.1, -0.05) is 28.7 Å². The van der Waals surface area contributed by atoms with Gasteiger partial charge in [-0.2, -0.15) is 0 Å². The van der Waals surface area contributed by atoms with Gasteiger partial charge in [0.25, 0.3) is 0 Å². The predicted molar refractivity (Wildman–Crippen MR) is 84.5 cm³/mol. The molecule has 0 spiro atoms. The van der Waals surface area contributed by atoms with E-state index in [2.05, 4.69) is 9.88 Å². The molecule has 2 aromatic rings. The van der Waals surface area contributed by atoms with Crippen molar-refractivity contribution in [2.75, 3.05) is 4.90 Å². The van der Waals surface area contributed by atoms with Crippen LogP contribution in [0, 0.1) is 0 Å². The fourth-order valence-electron chi connectivity index (χ4n) is 3.77. The van der Waals surface area contributed by atoms with Gasteiger partial charge in [0.05, 0.1) is 12.2 Å². The second-order valence-corrected chi connectivity index (χ2v) is 6.62. The number of aliphatic hydroxyl groups is 1. The van der Waals surface area contributed by atoms with Crippen LogP contribution >= 0.6 is 11.6 Å². The molecule has 1 aromatic heterocycles. The van der Waals surface area contributed by atoms with Gasteiger partial charge in [0.1, 0.15) is 12.7 Å². The molecule has 1 aromatic carbocycles. The zero-order valence-corrected chi connectivity index (χ0v) is 13.1. The summed E-state index contributed by atoms with van der Waals surface area (Å²) in [5.41, 5.74) is -0.185. The number of hydrogen-bond acceptors (Lipinski definition) is 3. The molecule has 0 saturated heterocycles. The Hall–Kier alpha value is -1.65. The Balaban J connectivity index is 1.82. The maximum absolute atomic E-state index is 11.5. The summed E-state index contributed by atoms with van der Waals surface area (Å²) in [6, 6.07) is 9.74. The van der Waals surface area contributed by atoms with Gasteiger partial charge < -0.3 is 5.11 Å². The molecule has 22 heavy (non-hydrogen) atoms. The first kappa shape index (κ1) is 14.0. The SMILES string of the molecule is O[C@@]1(c2ccc(Cl)cc2)C[n+]2cccnc2N1C1CCCC1. The van der Waals surface area contributed by atoms with E-state index in [1.54, 1.807) is 6.20 Å². The molecule has 1 fully saturated rings. The van der Waals surface area contributed by atoms with E-state index < -0.39 is 5.72 Å². The average Bonchev–Trinajstić information content (AvgIpc) is 3.12. The van der Waals surface area contributed by atoms with Crippen LogP contribution < -0.4 is 9.47 Å². The first-order valence-electron chi connectivity index (χ1n) is 7.81. The quantitative estimate of drug-likeness (QED) is 0.866. The number of fused-ring (bicyclic) bond motifs is 1. The van der Waals surface area contributed by atoms with Crippen LogP contribution in [-0.4, -0.2) is 16.1 Å². The van der Waals surface area contributed by atoms with Crippen LogP contribution in [0.4, 0.5) is 5.95 Å². The normalized spacial score (nSPS) is 24.7. The van der Waals surface area contributed by atoms with Gasteiger partial charge >= 0.3 is 5.95 Å². The zero-order valence-electron chi connectivity index (χ0n) is 12.3. The van der Waals surface area contributed by atoms with Gasteiger partial charge in [-0.3, -0.25) is 0 Å². The van der Waals surface area contributed by atoms with Gasteiger partial charge in [0.15, 0.2) is 0 Å². The summed E-state index contributed by atoms with van der Waals surface area (Å²) in [6.07, 6.45) is 8.41. The summed E-state index contributed by atoms with van der Waals surface area (Å²) >= 11 is 6.00. The maximum Gasteiger partial charge on any atom is 0.397 e. The van der Waals surface area contributed by atoms with Crippen molar-refractivity contribution in [1.29, 1.82) is 0 Å². The fourth-order valence-corrected chi connectivity index (χ4v) is 3.90. The Labute approximate surface area is 135 Å². The highest BCUT2D eigenvalue weighted by atomic mass is 35.5. The van der Waals surface area contributed by atoms with Crippen molar-refractivity contribution >= 4 is 17.5 Å². The number of benzene rings is 1. The summed E-state index contributed by atoms with van der Waals surface area (Å²) in [6.45, 7) is 0.494. The molecule has 0 bridgehead atoms. The zero-order chi connectivity index (χ0) is 15.2. The fraction of sp³-hybridized carbons (Fsp3) is 0.412. The molecule has 0 amide bonds. The molecule has 4 nitrogen and oxygen atoms in total. The minimum atomic E-state index is -1.05. The number of halogens is 1. The first-order chi connectivity index (χ1) is 10.7. The lowest BCUT2D eigenvalue weighted by Crippen LogP contribution is -2.49. The number of aromatic nitrogens is 2. The van der Waals surface area contributed by atoms with Gasteiger partial charge in [0.2, 0.25) is 5.72 Å². The Morgan fingerprint density at radius 2 is 1.95 bits per heavy atom. The van der Waals surface area contributed by atoms with Crippen molar-refractivity contribution in [3.8, 4) is 0 Å². The van der Waals surface area contributed by atoms with Gasteiger partial charge in [0, 0.05) is 16.7 Å². The maximum atomic E-state index is 11.5. The number of hydrogen-bond donors (Lipinski definition) is 1. The van der Waals surface area contributed by atoms with E-state index in [-0.39, 0.29) is 0 Å². The third-order valence-electron chi connectivity index (χ3n) is 4.80. The van der Waals surface area contributed by atoms with E-state index >= 15 is 0 Å². The lowest BCUT2D eigenvalue weighted by Gasteiger charge is -2.32. The summed E-state index contributed by atoms with van der Waals surface area (Å²) < 4.78 is 2.03. The van der Waals surface area contributed by atoms with Crippen LogP contribution in [0.3, 0.4) is 0 Å². The molecule has 4 rings (SSSR count). The molecule has 114 valence electrons. The molecule has 2 heterocycles. The molecule has 1 atom stereocenters. The molecule has 5 heteroatoms. The van der Waals surface area contributed by atoms with E-state index in [0.29, 0.717) is 17.6 Å². The molecule has 1 aliphatic carbocycles. The lowest BCUT2D eigenvalue weighted by molar-refractivity contribution is -0.685. The van der Waals surface area contributed by atoms with Crippen molar-refractivity contribution in [1.82, 2.24) is 4.98 Å². The van der Waals surface area contributed by atoms with Crippen LogP contribution in [0.15, 0.2) is 42.7 Å². The molecule has 0 radical (unpaired) electrons. The number of nitrogens with zero attached hydrogens (tertiary/aromatic N) is 3. The standard InChI is InChI=1S/C17H19ClN3O/c18-14-8-6-13(7-9-14)17(22)12-20-11-3-10-19-16(20)21(17)15-4-1-2-5-15/h3,6-11,15,22H,1-2,4-5,12H2/q+1/t17-/m1/s1. The van der Waals surface area contributed by atoms with E-state index in [0.717, 1.165) is 24.4 Å². The van der Waals surface area contributed by atoms with E-state index in [1.165, 1.54) is 12.8 Å². The predicted octanol–water partition coefficient (Wildman–Crippen LogP) is 2.63. The van der Waals surface area contributed by atoms with E-state index in [4.69, 9.17) is 11.6 Å². The third-order valence-corrected chi connectivity index (χ3v) is 5.05. The number of anilines is 1. The first-order valence-corrected chi connectivity index (χ1v) is 8.18. The highest BCUT2D eigenvalue weighted by Gasteiger charge is 2.54. The van der Waals surface area contributed by atoms with Crippen molar-refractivity contribution < 1.29 is 9.67 Å². The van der Waals surface area contributed by atoms with Crippen molar-refractivity contribution in [2.24, 2.45) is 0 Å². The Bertz CT molecular complexity index is 685. The minimum Gasteiger partial charge on any atom is -0.353 e. The van der Waals surface area contributed by atoms with Gasteiger partial charge in [-0.25, -0.2) is 9.47 Å². The highest BCUT2D eigenvalue weighted by molar-refractivity contribution is 6.30. The summed E-state index contributed by atoms with van der Waals surface area (Å²) in [7, 11) is 0. The second-order valence-electron chi connectivity index (χ2n) is 6.18. The molecule has 0 unspecified atom stereocenters. The minimum absolute atomic E-state index is 0.337. The highest BCUT2D eigenvalue weighted by Crippen LogP contribution is 2.39. The summed E-state index contributed by atoms with van der Waals surface area (Å²) in [4.78, 5) is 6.64. The van der Waals surface area contributed by atoms with Crippen LogP contribution in [0.1, 0.15) is 31.2 Å². The average molecular weight is 317 g/mol. The Morgan fingerprint density at radius 1 is 1.23 bits per heavy atom. The monoisotopic (exact) mass is 316 g/mol. The molecule has 2 aliphatic rings. The molecule has 1 N–H and O–H groups in total. The molecule has 1 aliphatic heterocycles. The van der Waals surface area contributed by atoms with Crippen LogP contribution in [0.25, 0.3) is 0 Å². The summed E-state index contributed by atoms with van der Waals surface area (Å²) in [5.74, 6) is 0.854. The topological polar surface area (TPSA) is 40.2 Å². The van der Waals surface area contributed by atoms with Gasteiger partial charge in [-0.15, -0.1) is 0 Å². The number of rotatable bonds is 2. The molecular formula is C17H19ClN3O+. The van der Waals surface area contributed by atoms with Gasteiger partial charge in [-0.05, 0) is 37.8 Å². The van der Waals surface area contributed by atoms with Crippen LogP contribution in [0.2, 0.25) is 5.02 Å². The van der Waals surface area contributed by atoms with Crippen LogP contribution in [0.5, 0.6) is 0 Å².